The first-order chi connectivity index (χ1) is 12.6. The summed E-state index contributed by atoms with van der Waals surface area (Å²) in [5.74, 6) is 0.844. The molecule has 2 N–H and O–H groups in total. The van der Waals surface area contributed by atoms with E-state index in [4.69, 9.17) is 0 Å². The fraction of sp³-hybridized carbons (Fsp3) is 0.412. The van der Waals surface area contributed by atoms with Crippen molar-refractivity contribution in [3.8, 4) is 0 Å². The molecule has 6 nitrogen and oxygen atoms in total. The second kappa shape index (κ2) is 10.2. The van der Waals surface area contributed by atoms with E-state index in [-0.39, 0.29) is 42.4 Å². The van der Waals surface area contributed by atoms with Gasteiger partial charge in [-0.2, -0.15) is 8.78 Å². The number of imidazole rings is 1. The highest BCUT2D eigenvalue weighted by molar-refractivity contribution is 14.0. The second-order valence-corrected chi connectivity index (χ2v) is 6.84. The molecule has 1 fully saturated rings. The molecule has 1 unspecified atom stereocenters. The summed E-state index contributed by atoms with van der Waals surface area (Å²) >= 11 is 3.59. The maximum absolute atomic E-state index is 12.9. The predicted molar refractivity (Wildman–Crippen MR) is 117 cm³/mol. The molecule has 1 aromatic carbocycles. The molecule has 1 aliphatic heterocycles. The van der Waals surface area contributed by atoms with Crippen molar-refractivity contribution in [2.45, 2.75) is 25.6 Å². The van der Waals surface area contributed by atoms with Gasteiger partial charge in [-0.25, -0.2) is 4.98 Å². The molecule has 1 atom stereocenters. The summed E-state index contributed by atoms with van der Waals surface area (Å²) < 4.78 is 27.7. The van der Waals surface area contributed by atoms with Crippen molar-refractivity contribution in [1.82, 2.24) is 20.2 Å². The lowest BCUT2D eigenvalue weighted by molar-refractivity contribution is 0.0668. The molecule has 0 amide bonds. The van der Waals surface area contributed by atoms with Gasteiger partial charge in [0.05, 0.1) is 12.2 Å². The highest BCUT2D eigenvalue weighted by atomic mass is 127. The lowest BCUT2D eigenvalue weighted by Gasteiger charge is -2.21. The molecule has 0 saturated carbocycles. The Kier molecular flexibility index (Phi) is 8.27. The van der Waals surface area contributed by atoms with Crippen LogP contribution in [0, 0.1) is 0 Å². The van der Waals surface area contributed by atoms with Crippen molar-refractivity contribution in [1.29, 1.82) is 0 Å². The molecular weight excluding hydrogens is 533 g/mol. The molecule has 1 aliphatic rings. The molecule has 27 heavy (non-hydrogen) atoms. The van der Waals surface area contributed by atoms with Crippen LogP contribution in [-0.4, -0.2) is 41.7 Å². The lowest BCUT2D eigenvalue weighted by atomic mass is 10.3. The van der Waals surface area contributed by atoms with E-state index in [0.717, 1.165) is 28.6 Å². The minimum atomic E-state index is -2.60. The van der Waals surface area contributed by atoms with E-state index >= 15 is 0 Å². The molecule has 3 rings (SSSR count). The Morgan fingerprint density at radius 3 is 2.89 bits per heavy atom. The van der Waals surface area contributed by atoms with Crippen molar-refractivity contribution in [3.05, 3.63) is 47.0 Å². The molecular formula is C17H22BrF2IN6. The van der Waals surface area contributed by atoms with E-state index in [1.54, 1.807) is 7.05 Å². The number of nitrogens with one attached hydrogen (secondary N) is 2. The van der Waals surface area contributed by atoms with Crippen LogP contribution in [0.3, 0.4) is 0 Å². The van der Waals surface area contributed by atoms with Crippen molar-refractivity contribution in [3.63, 3.8) is 0 Å². The van der Waals surface area contributed by atoms with Gasteiger partial charge in [0.25, 0.3) is 0 Å². The Balaban J connectivity index is 0.00000261. The van der Waals surface area contributed by atoms with Crippen LogP contribution in [-0.2, 0) is 6.54 Å². The van der Waals surface area contributed by atoms with E-state index in [9.17, 15) is 8.78 Å². The second-order valence-electron chi connectivity index (χ2n) is 5.98. The molecule has 148 valence electrons. The van der Waals surface area contributed by atoms with Crippen LogP contribution in [0.1, 0.15) is 18.8 Å². The zero-order valence-corrected chi connectivity index (χ0v) is 18.7. The van der Waals surface area contributed by atoms with Crippen molar-refractivity contribution >= 4 is 51.6 Å². The van der Waals surface area contributed by atoms with Gasteiger partial charge in [-0.05, 0) is 34.5 Å². The van der Waals surface area contributed by atoms with E-state index in [0.29, 0.717) is 5.96 Å². The fourth-order valence-electron chi connectivity index (χ4n) is 3.01. The third kappa shape index (κ3) is 5.53. The van der Waals surface area contributed by atoms with Crippen molar-refractivity contribution in [2.75, 3.05) is 25.0 Å². The Hall–Kier alpha value is -1.43. The van der Waals surface area contributed by atoms with Crippen LogP contribution in [0.15, 0.2) is 46.1 Å². The van der Waals surface area contributed by atoms with E-state index < -0.39 is 6.55 Å². The molecule has 0 radical (unpaired) electrons. The quantitative estimate of drug-likeness (QED) is 0.337. The summed E-state index contributed by atoms with van der Waals surface area (Å²) in [5, 5.41) is 6.41. The SMILES string of the molecule is CN=C(NCc1nccn1C(F)F)NC1CCN(c2ccccc2Br)C1.I. The number of nitrogens with zero attached hydrogens (tertiary/aromatic N) is 4. The minimum absolute atomic E-state index is 0. The first-order valence-corrected chi connectivity index (χ1v) is 9.14. The van der Waals surface area contributed by atoms with Gasteiger partial charge in [0.1, 0.15) is 5.82 Å². The van der Waals surface area contributed by atoms with Crippen LogP contribution in [0.2, 0.25) is 0 Å². The predicted octanol–water partition coefficient (Wildman–Crippen LogP) is 3.60. The maximum Gasteiger partial charge on any atom is 0.319 e. The van der Waals surface area contributed by atoms with Gasteiger partial charge in [-0.1, -0.05) is 12.1 Å². The number of para-hydroxylation sites is 1. The maximum atomic E-state index is 12.9. The molecule has 10 heteroatoms. The Morgan fingerprint density at radius 1 is 1.41 bits per heavy atom. The van der Waals surface area contributed by atoms with Gasteiger partial charge in [-0.15, -0.1) is 24.0 Å². The monoisotopic (exact) mass is 554 g/mol. The van der Waals surface area contributed by atoms with Crippen LogP contribution in [0.25, 0.3) is 0 Å². The molecule has 1 aromatic heterocycles. The smallest absolute Gasteiger partial charge is 0.319 e. The third-order valence-corrected chi connectivity index (χ3v) is 4.99. The number of halogens is 4. The minimum Gasteiger partial charge on any atom is -0.368 e. The molecule has 1 saturated heterocycles. The van der Waals surface area contributed by atoms with Crippen LogP contribution in [0.4, 0.5) is 14.5 Å². The van der Waals surface area contributed by atoms with Gasteiger partial charge in [-0.3, -0.25) is 9.56 Å². The zero-order chi connectivity index (χ0) is 18.5. The first-order valence-electron chi connectivity index (χ1n) is 8.35. The topological polar surface area (TPSA) is 57.5 Å². The highest BCUT2D eigenvalue weighted by Gasteiger charge is 2.24. The number of aromatic nitrogens is 2. The third-order valence-electron chi connectivity index (χ3n) is 4.32. The van der Waals surface area contributed by atoms with E-state index in [2.05, 4.69) is 47.5 Å². The Morgan fingerprint density at radius 2 is 2.19 bits per heavy atom. The summed E-state index contributed by atoms with van der Waals surface area (Å²) in [6, 6.07) is 8.36. The number of aliphatic imine (C=N–C) groups is 1. The highest BCUT2D eigenvalue weighted by Crippen LogP contribution is 2.28. The van der Waals surface area contributed by atoms with E-state index in [1.165, 1.54) is 18.1 Å². The summed E-state index contributed by atoms with van der Waals surface area (Å²) in [6.45, 7) is -0.642. The van der Waals surface area contributed by atoms with Crippen LogP contribution >= 0.6 is 39.9 Å². The number of benzene rings is 1. The lowest BCUT2D eigenvalue weighted by Crippen LogP contribution is -2.44. The number of rotatable bonds is 5. The van der Waals surface area contributed by atoms with Gasteiger partial charge in [0, 0.05) is 43.0 Å². The van der Waals surface area contributed by atoms with Gasteiger partial charge in [0.2, 0.25) is 0 Å². The number of guanidine groups is 1. The number of hydrogen-bond donors (Lipinski definition) is 2. The average molecular weight is 555 g/mol. The standard InChI is InChI=1S/C17H21BrF2N6.HI/c1-21-17(23-10-15-22-7-9-26(15)16(19)20)24-12-6-8-25(11-12)14-5-3-2-4-13(14)18;/h2-5,7,9,12,16H,6,8,10-11H2,1H3,(H2,21,23,24);1H. The van der Waals surface area contributed by atoms with Gasteiger partial charge in [0.15, 0.2) is 5.96 Å². The zero-order valence-electron chi connectivity index (χ0n) is 14.8. The summed E-state index contributed by atoms with van der Waals surface area (Å²) in [7, 11) is 1.66. The van der Waals surface area contributed by atoms with Crippen LogP contribution < -0.4 is 15.5 Å². The molecule has 2 heterocycles. The molecule has 0 aliphatic carbocycles. The number of anilines is 1. The molecule has 0 spiro atoms. The van der Waals surface area contributed by atoms with Crippen molar-refractivity contribution in [2.24, 2.45) is 4.99 Å². The molecule has 0 bridgehead atoms. The summed E-state index contributed by atoms with van der Waals surface area (Å²) in [4.78, 5) is 10.4. The number of alkyl halides is 2. The fourth-order valence-corrected chi connectivity index (χ4v) is 3.55. The first kappa shape index (κ1) is 21.9. The van der Waals surface area contributed by atoms with Crippen molar-refractivity contribution < 1.29 is 8.78 Å². The van der Waals surface area contributed by atoms with Crippen LogP contribution in [0.5, 0.6) is 0 Å². The Bertz CT molecular complexity index is 769. The normalized spacial score (nSPS) is 17.1. The summed E-state index contributed by atoms with van der Waals surface area (Å²) in [6.07, 6.45) is 3.60. The van der Waals surface area contributed by atoms with Gasteiger partial charge >= 0.3 is 6.55 Å². The Labute approximate surface area is 182 Å². The average Bonchev–Trinajstić information content (AvgIpc) is 3.28. The summed E-state index contributed by atoms with van der Waals surface area (Å²) in [5.41, 5.74) is 1.17. The molecule has 2 aromatic rings. The largest absolute Gasteiger partial charge is 0.368 e. The number of hydrogen-bond acceptors (Lipinski definition) is 3. The van der Waals surface area contributed by atoms with Gasteiger partial charge < -0.3 is 15.5 Å². The van der Waals surface area contributed by atoms with E-state index in [1.807, 2.05) is 18.2 Å².